The first-order chi connectivity index (χ1) is 11.3. The highest BCUT2D eigenvalue weighted by molar-refractivity contribution is 6.07. The molecule has 0 fully saturated rings. The second-order valence-corrected chi connectivity index (χ2v) is 5.05. The summed E-state index contributed by atoms with van der Waals surface area (Å²) in [6, 6.07) is 9.23. The zero-order valence-electron chi connectivity index (χ0n) is 12.3. The third kappa shape index (κ3) is 3.17. The predicted molar refractivity (Wildman–Crippen MR) is 77.1 cm³/mol. The molecule has 0 aliphatic carbocycles. The van der Waals surface area contributed by atoms with Crippen LogP contribution in [0.25, 0.3) is 11.4 Å². The highest BCUT2D eigenvalue weighted by Crippen LogP contribution is 2.29. The van der Waals surface area contributed by atoms with Crippen LogP contribution in [-0.2, 0) is 6.18 Å². The molecule has 24 heavy (non-hydrogen) atoms. The average molecular weight is 333 g/mol. The number of alkyl halides is 3. The molecule has 8 heteroatoms. The highest BCUT2D eigenvalue weighted by atomic mass is 19.4. The summed E-state index contributed by atoms with van der Waals surface area (Å²) < 4.78 is 41.5. The van der Waals surface area contributed by atoms with Gasteiger partial charge in [-0.15, -0.1) is 0 Å². The number of rotatable bonds is 3. The quantitative estimate of drug-likeness (QED) is 0.684. The van der Waals surface area contributed by atoms with E-state index in [2.05, 4.69) is 19.6 Å². The SMILES string of the molecule is Cc1ccc(C(=O)c2ccc(-c3noc(C(F)(F)F)n3)cc2)nc1. The van der Waals surface area contributed by atoms with Gasteiger partial charge in [-0.05, 0) is 18.6 Å². The van der Waals surface area contributed by atoms with E-state index in [1.165, 1.54) is 24.3 Å². The Bertz CT molecular complexity index is 869. The van der Waals surface area contributed by atoms with E-state index in [4.69, 9.17) is 0 Å². The van der Waals surface area contributed by atoms with Crippen LogP contribution >= 0.6 is 0 Å². The minimum Gasteiger partial charge on any atom is -0.329 e. The van der Waals surface area contributed by atoms with Gasteiger partial charge in [0.2, 0.25) is 11.6 Å². The summed E-state index contributed by atoms with van der Waals surface area (Å²) >= 11 is 0. The van der Waals surface area contributed by atoms with Gasteiger partial charge in [0.05, 0.1) is 0 Å². The van der Waals surface area contributed by atoms with Crippen molar-refractivity contribution in [1.82, 2.24) is 15.1 Å². The number of ketones is 1. The summed E-state index contributed by atoms with van der Waals surface area (Å²) in [6.45, 7) is 1.86. The van der Waals surface area contributed by atoms with Crippen LogP contribution in [0.5, 0.6) is 0 Å². The number of carbonyl (C=O) groups is 1. The molecule has 0 unspecified atom stereocenters. The van der Waals surface area contributed by atoms with Crippen LogP contribution in [0, 0.1) is 6.92 Å². The first-order valence-corrected chi connectivity index (χ1v) is 6.83. The first kappa shape index (κ1) is 15.9. The molecule has 0 bridgehead atoms. The molecular formula is C16H10F3N3O2. The van der Waals surface area contributed by atoms with Gasteiger partial charge in [-0.1, -0.05) is 35.5 Å². The highest BCUT2D eigenvalue weighted by Gasteiger charge is 2.38. The van der Waals surface area contributed by atoms with Gasteiger partial charge in [-0.2, -0.15) is 18.2 Å². The lowest BCUT2D eigenvalue weighted by atomic mass is 10.1. The van der Waals surface area contributed by atoms with E-state index < -0.39 is 12.1 Å². The molecule has 0 saturated heterocycles. The van der Waals surface area contributed by atoms with E-state index in [1.807, 2.05) is 6.92 Å². The first-order valence-electron chi connectivity index (χ1n) is 6.83. The lowest BCUT2D eigenvalue weighted by Gasteiger charge is -2.02. The van der Waals surface area contributed by atoms with E-state index in [9.17, 15) is 18.0 Å². The summed E-state index contributed by atoms with van der Waals surface area (Å²) in [4.78, 5) is 19.6. The maximum absolute atomic E-state index is 12.5. The Kier molecular flexibility index (Phi) is 3.88. The number of halogens is 3. The van der Waals surface area contributed by atoms with Crippen molar-refractivity contribution in [2.24, 2.45) is 0 Å². The maximum atomic E-state index is 12.5. The lowest BCUT2D eigenvalue weighted by molar-refractivity contribution is -0.159. The van der Waals surface area contributed by atoms with Gasteiger partial charge in [-0.25, -0.2) is 0 Å². The monoisotopic (exact) mass is 333 g/mol. The predicted octanol–water partition coefficient (Wildman–Crippen LogP) is 3.69. The maximum Gasteiger partial charge on any atom is 0.471 e. The molecule has 0 spiro atoms. The van der Waals surface area contributed by atoms with Gasteiger partial charge in [0, 0.05) is 17.3 Å². The smallest absolute Gasteiger partial charge is 0.329 e. The Morgan fingerprint density at radius 3 is 2.33 bits per heavy atom. The van der Waals surface area contributed by atoms with Crippen molar-refractivity contribution in [3.8, 4) is 11.4 Å². The molecule has 0 amide bonds. The van der Waals surface area contributed by atoms with Crippen molar-refractivity contribution in [2.45, 2.75) is 13.1 Å². The molecule has 0 atom stereocenters. The van der Waals surface area contributed by atoms with Crippen LogP contribution in [0.1, 0.15) is 27.5 Å². The average Bonchev–Trinajstić information content (AvgIpc) is 3.05. The number of benzene rings is 1. The van der Waals surface area contributed by atoms with E-state index in [0.717, 1.165) is 5.56 Å². The van der Waals surface area contributed by atoms with Crippen LogP contribution in [0.4, 0.5) is 13.2 Å². The van der Waals surface area contributed by atoms with Gasteiger partial charge in [0.25, 0.3) is 0 Å². The number of nitrogens with zero attached hydrogens (tertiary/aromatic N) is 3. The number of aryl methyl sites for hydroxylation is 1. The summed E-state index contributed by atoms with van der Waals surface area (Å²) in [5, 5.41) is 3.29. The third-order valence-corrected chi connectivity index (χ3v) is 3.22. The molecular weight excluding hydrogens is 323 g/mol. The van der Waals surface area contributed by atoms with Crippen molar-refractivity contribution in [2.75, 3.05) is 0 Å². The molecule has 122 valence electrons. The minimum atomic E-state index is -4.70. The Morgan fingerprint density at radius 1 is 1.08 bits per heavy atom. The van der Waals surface area contributed by atoms with Gasteiger partial charge in [0.1, 0.15) is 5.69 Å². The van der Waals surface area contributed by atoms with Crippen molar-refractivity contribution in [3.05, 3.63) is 65.3 Å². The Labute approximate surface area is 134 Å². The number of carbonyl (C=O) groups excluding carboxylic acids is 1. The van der Waals surface area contributed by atoms with Crippen LogP contribution in [0.15, 0.2) is 47.1 Å². The van der Waals surface area contributed by atoms with E-state index in [-0.39, 0.29) is 17.3 Å². The Balaban J connectivity index is 1.84. The molecule has 2 heterocycles. The van der Waals surface area contributed by atoms with Crippen molar-refractivity contribution in [3.63, 3.8) is 0 Å². The fourth-order valence-electron chi connectivity index (χ4n) is 1.98. The second kappa shape index (κ2) is 5.88. The normalized spacial score (nSPS) is 11.5. The van der Waals surface area contributed by atoms with Crippen LogP contribution < -0.4 is 0 Å². The largest absolute Gasteiger partial charge is 0.471 e. The molecule has 0 aliphatic rings. The lowest BCUT2D eigenvalue weighted by Crippen LogP contribution is -2.05. The van der Waals surface area contributed by atoms with E-state index in [0.29, 0.717) is 11.1 Å². The summed E-state index contributed by atoms with van der Waals surface area (Å²) in [7, 11) is 0. The molecule has 0 saturated carbocycles. The van der Waals surface area contributed by atoms with Crippen molar-refractivity contribution >= 4 is 5.78 Å². The Morgan fingerprint density at radius 2 is 1.79 bits per heavy atom. The third-order valence-electron chi connectivity index (χ3n) is 3.22. The molecule has 0 radical (unpaired) electrons. The molecule has 1 aromatic carbocycles. The molecule has 3 aromatic rings. The number of hydrogen-bond donors (Lipinski definition) is 0. The van der Waals surface area contributed by atoms with Crippen molar-refractivity contribution < 1.29 is 22.5 Å². The van der Waals surface area contributed by atoms with Gasteiger partial charge in [0.15, 0.2) is 0 Å². The number of pyridine rings is 1. The number of aromatic nitrogens is 3. The Hall–Kier alpha value is -3.03. The molecule has 5 nitrogen and oxygen atoms in total. The fraction of sp³-hybridized carbons (Fsp3) is 0.125. The fourth-order valence-corrected chi connectivity index (χ4v) is 1.98. The molecule has 0 aliphatic heterocycles. The summed E-state index contributed by atoms with van der Waals surface area (Å²) in [5.74, 6) is -1.90. The van der Waals surface area contributed by atoms with Gasteiger partial charge >= 0.3 is 12.1 Å². The zero-order chi connectivity index (χ0) is 17.3. The zero-order valence-corrected chi connectivity index (χ0v) is 12.3. The number of hydrogen-bond acceptors (Lipinski definition) is 5. The van der Waals surface area contributed by atoms with Crippen LogP contribution in [0.2, 0.25) is 0 Å². The second-order valence-electron chi connectivity index (χ2n) is 5.05. The van der Waals surface area contributed by atoms with Gasteiger partial charge in [-0.3, -0.25) is 9.78 Å². The summed E-state index contributed by atoms with van der Waals surface area (Å²) in [6.07, 6.45) is -3.11. The van der Waals surface area contributed by atoms with Gasteiger partial charge < -0.3 is 4.52 Å². The van der Waals surface area contributed by atoms with E-state index >= 15 is 0 Å². The molecule has 3 rings (SSSR count). The standard InChI is InChI=1S/C16H10F3N3O2/c1-9-2-7-12(20-8-9)13(23)10-3-5-11(6-4-10)14-21-15(24-22-14)16(17,18)19/h2-8H,1H3. The van der Waals surface area contributed by atoms with Crippen molar-refractivity contribution in [1.29, 1.82) is 0 Å². The summed E-state index contributed by atoms with van der Waals surface area (Å²) in [5.41, 5.74) is 1.88. The van der Waals surface area contributed by atoms with Crippen LogP contribution in [-0.4, -0.2) is 20.9 Å². The molecule has 0 N–H and O–H groups in total. The van der Waals surface area contributed by atoms with Crippen LogP contribution in [0.3, 0.4) is 0 Å². The minimum absolute atomic E-state index is 0.199. The topological polar surface area (TPSA) is 68.9 Å². The molecule has 2 aromatic heterocycles. The van der Waals surface area contributed by atoms with E-state index in [1.54, 1.807) is 18.3 Å².